The van der Waals surface area contributed by atoms with Gasteiger partial charge in [-0.3, -0.25) is 19.4 Å². The zero-order valence-electron chi connectivity index (χ0n) is 33.7. The number of amidine groups is 1. The first kappa shape index (κ1) is 50.7. The number of aromatic nitrogens is 5. The molecule has 20 nitrogen and oxygen atoms in total. The average molecular weight is 1090 g/mol. The molecule has 4 aromatic heterocycles. The predicted octanol–water partition coefficient (Wildman–Crippen LogP) is 6.07. The van der Waals surface area contributed by atoms with E-state index >= 15 is 0 Å². The van der Waals surface area contributed by atoms with E-state index in [0.717, 1.165) is 33.3 Å². The number of hydrogen-bond acceptors (Lipinski definition) is 13. The standard InChI is InChI=1S/C20H21N5O6.C20H18N4O3.2ClH.2H3N.Pt/c21-20-24-16-15(18(29)25-20)12(9-22-16)6-3-10-1-4-11(5-2-10)17(28)23-13(19(30)31)7-8-14(26)27;1-11-17(12(2)27-23-11)19-18(20(21)22-26)15-5-3-4-6-16(15)24(19)13-7-9-14(25)10-8-13;;;;;/h1-2,4-5,9,13H,3,6-8H2,(H,23,28)(H,26,27)(H,30,31)(H4,21,22,24,25,29);3-10,25-26H,1-2H3,(H2,21,22);2*1H;2*1H3;/q;;;;;;+2/p-2/t13-;;;;;;/m0....../s1. The second-order valence-electron chi connectivity index (χ2n) is 13.3. The molecule has 0 spiro atoms. The molecule has 4 heterocycles. The fourth-order valence-electron chi connectivity index (χ4n) is 6.66. The van der Waals surface area contributed by atoms with E-state index in [1.165, 1.54) is 0 Å². The van der Waals surface area contributed by atoms with Gasteiger partial charge in [0, 0.05) is 29.3 Å². The number of amides is 1. The summed E-state index contributed by atoms with van der Waals surface area (Å²) in [7, 11) is 9.75. The third-order valence-electron chi connectivity index (χ3n) is 9.41. The van der Waals surface area contributed by atoms with Gasteiger partial charge in [-0.2, -0.15) is 4.98 Å². The molecule has 0 fully saturated rings. The second kappa shape index (κ2) is 22.9. The topological polar surface area (TPSA) is 371 Å². The van der Waals surface area contributed by atoms with Crippen LogP contribution in [0, 0.1) is 13.8 Å². The molecular formula is C40H45Cl2N11O9Pt. The van der Waals surface area contributed by atoms with Crippen molar-refractivity contribution in [1.29, 1.82) is 0 Å². The zero-order valence-corrected chi connectivity index (χ0v) is 37.5. The van der Waals surface area contributed by atoms with Gasteiger partial charge in [0.15, 0.2) is 5.84 Å². The number of aryl methyl sites for hydroxylation is 4. The Hall–Kier alpha value is -6.70. The Morgan fingerprint density at radius 1 is 1.00 bits per heavy atom. The number of hydrogen-bond donors (Lipinski definition) is 11. The van der Waals surface area contributed by atoms with E-state index < -0.39 is 40.4 Å². The van der Waals surface area contributed by atoms with Crippen LogP contribution in [-0.2, 0) is 38.9 Å². The van der Waals surface area contributed by atoms with Crippen molar-refractivity contribution in [2.24, 2.45) is 10.9 Å². The molecule has 0 unspecified atom stereocenters. The van der Waals surface area contributed by atoms with Gasteiger partial charge in [0.2, 0.25) is 5.95 Å². The number of carbonyl (C=O) groups excluding carboxylic acids is 1. The summed E-state index contributed by atoms with van der Waals surface area (Å²) < 4.78 is 7.37. The van der Waals surface area contributed by atoms with Crippen molar-refractivity contribution in [3.8, 4) is 22.7 Å². The number of nitrogens with zero attached hydrogens (tertiary/aromatic N) is 4. The molecule has 1 atom stereocenters. The van der Waals surface area contributed by atoms with Crippen molar-refractivity contribution < 1.29 is 55.9 Å². The van der Waals surface area contributed by atoms with Crippen LogP contribution < -0.4 is 34.6 Å². The van der Waals surface area contributed by atoms with E-state index in [2.05, 4.69) is 30.6 Å². The number of nitrogens with two attached hydrogens (primary N) is 2. The third-order valence-corrected chi connectivity index (χ3v) is 9.41. The average Bonchev–Trinajstić information content (AvgIpc) is 3.91. The van der Waals surface area contributed by atoms with Crippen LogP contribution in [0.3, 0.4) is 0 Å². The maximum absolute atomic E-state index is 12.3. The first-order valence-corrected chi connectivity index (χ1v) is 23.7. The fraction of sp³-hybridized carbons (Fsp3) is 0.175. The van der Waals surface area contributed by atoms with Crippen LogP contribution in [-0.4, -0.2) is 74.9 Å². The van der Waals surface area contributed by atoms with Crippen molar-refractivity contribution >= 4 is 70.4 Å². The Labute approximate surface area is 374 Å². The summed E-state index contributed by atoms with van der Waals surface area (Å²) in [6, 6.07) is 19.8. The van der Waals surface area contributed by atoms with Crippen molar-refractivity contribution in [3.05, 3.63) is 123 Å². The first-order chi connectivity index (χ1) is 29.2. The van der Waals surface area contributed by atoms with Crippen molar-refractivity contribution in [2.75, 3.05) is 5.73 Å². The molecule has 63 heavy (non-hydrogen) atoms. The van der Waals surface area contributed by atoms with Crippen LogP contribution in [0.2, 0.25) is 0 Å². The van der Waals surface area contributed by atoms with Gasteiger partial charge in [-0.05, 0) is 86.7 Å². The Morgan fingerprint density at radius 3 is 2.24 bits per heavy atom. The van der Waals surface area contributed by atoms with Gasteiger partial charge < -0.3 is 63.7 Å². The molecule has 0 aliphatic heterocycles. The number of carboxylic acid groups (broad SMARTS) is 2. The first-order valence-electron chi connectivity index (χ1n) is 18.0. The Balaban J connectivity index is 0.000000308. The zero-order chi connectivity index (χ0) is 44.4. The molecule has 3 aromatic carbocycles. The molecule has 17 N–H and O–H groups in total. The number of aromatic amines is 2. The minimum atomic E-state index is -1.30. The number of carboxylic acids is 2. The van der Waals surface area contributed by atoms with Crippen molar-refractivity contribution in [2.45, 2.75) is 45.6 Å². The number of para-hydroxylation sites is 1. The van der Waals surface area contributed by atoms with E-state index in [1.807, 2.05) is 42.7 Å². The van der Waals surface area contributed by atoms with Gasteiger partial charge >= 0.3 is 47.3 Å². The number of benzene rings is 3. The van der Waals surface area contributed by atoms with E-state index in [9.17, 15) is 29.5 Å². The molecule has 338 valence electrons. The van der Waals surface area contributed by atoms with Crippen LogP contribution in [0.5, 0.6) is 5.75 Å². The Bertz CT molecular complexity index is 2750. The summed E-state index contributed by atoms with van der Waals surface area (Å²) in [5.74, 6) is -2.20. The quantitative estimate of drug-likeness (QED) is 0.0286. The normalized spacial score (nSPS) is 11.3. The van der Waals surface area contributed by atoms with Gasteiger partial charge in [0.25, 0.3) is 11.5 Å². The number of aliphatic carboxylic acids is 2. The number of rotatable bonds is 12. The van der Waals surface area contributed by atoms with Crippen LogP contribution in [0.1, 0.15) is 51.3 Å². The number of phenolic OH excluding ortho intramolecular Hbond substituents is 1. The summed E-state index contributed by atoms with van der Waals surface area (Å²) >= 11 is -0.472. The van der Waals surface area contributed by atoms with Gasteiger partial charge in [0.05, 0.1) is 33.4 Å². The predicted molar refractivity (Wildman–Crippen MR) is 235 cm³/mol. The summed E-state index contributed by atoms with van der Waals surface area (Å²) in [5.41, 5.74) is 18.1. The van der Waals surface area contributed by atoms with Crippen LogP contribution in [0.4, 0.5) is 5.95 Å². The number of nitrogens with one attached hydrogen (secondary N) is 3. The third kappa shape index (κ3) is 12.0. The molecule has 23 heteroatoms. The number of anilines is 1. The molecule has 0 saturated heterocycles. The summed E-state index contributed by atoms with van der Waals surface area (Å²) in [4.78, 5) is 55.7. The molecule has 0 saturated carbocycles. The van der Waals surface area contributed by atoms with E-state index in [0.29, 0.717) is 46.6 Å². The van der Waals surface area contributed by atoms with Gasteiger partial charge in [-0.25, -0.2) is 4.79 Å². The number of H-pyrrole nitrogens is 2. The monoisotopic (exact) mass is 1090 g/mol. The number of oxime groups is 1. The summed E-state index contributed by atoms with van der Waals surface area (Å²) in [6.45, 7) is 3.67. The molecule has 7 rings (SSSR count). The molecule has 0 bridgehead atoms. The van der Waals surface area contributed by atoms with Gasteiger partial charge in [-0.1, -0.05) is 40.6 Å². The van der Waals surface area contributed by atoms with Crippen molar-refractivity contribution in [1.82, 2.24) is 42.3 Å². The summed E-state index contributed by atoms with van der Waals surface area (Å²) in [6.07, 6.45) is 2.27. The van der Waals surface area contributed by atoms with Crippen molar-refractivity contribution in [3.63, 3.8) is 0 Å². The number of aromatic hydroxyl groups is 1. The SMILES string of the molecule is Cc1noc(C)c1-c1c(/C(N)=N/O)c2ccccc2n1-c1ccc(O)cc1.N.N.Nc1nc2[nH]cc(CCc3ccc(C(=O)N[C@@H](CCC(=O)O)C(=O)O)cc3)c2c(=O)[nH]1.[Cl][Pt][Cl]. The second-order valence-corrected chi connectivity index (χ2v) is 16.6. The molecule has 0 aliphatic rings. The maximum atomic E-state index is 12.3. The van der Waals surface area contributed by atoms with Gasteiger partial charge in [-0.15, -0.1) is 0 Å². The minimum absolute atomic E-state index is 0. The fourth-order valence-corrected chi connectivity index (χ4v) is 6.66. The molecule has 1 amide bonds. The summed E-state index contributed by atoms with van der Waals surface area (Å²) in [5, 5.41) is 47.9. The van der Waals surface area contributed by atoms with Gasteiger partial charge in [0.1, 0.15) is 23.2 Å². The number of fused-ring (bicyclic) bond motifs is 2. The van der Waals surface area contributed by atoms with E-state index in [-0.39, 0.29) is 53.8 Å². The van der Waals surface area contributed by atoms with Crippen LogP contribution >= 0.6 is 18.8 Å². The number of phenols is 1. The molecular weight excluding hydrogens is 1040 g/mol. The van der Waals surface area contributed by atoms with E-state index in [1.54, 1.807) is 54.7 Å². The van der Waals surface area contributed by atoms with Crippen LogP contribution in [0.15, 0.2) is 93.5 Å². The van der Waals surface area contributed by atoms with E-state index in [4.69, 9.17) is 45.0 Å². The Kier molecular flexibility index (Phi) is 18.4. The van der Waals surface area contributed by atoms with Crippen LogP contribution in [0.25, 0.3) is 38.9 Å². The number of nitrogen functional groups attached to an aromatic ring is 1. The number of halogens is 2. The molecule has 7 aromatic rings. The molecule has 0 aliphatic carbocycles. The Morgan fingerprint density at radius 2 is 1.65 bits per heavy atom. The molecule has 0 radical (unpaired) electrons. The number of carbonyl (C=O) groups is 3.